The van der Waals surface area contributed by atoms with Crippen molar-refractivity contribution in [2.75, 3.05) is 20.7 Å². The van der Waals surface area contributed by atoms with E-state index in [1.165, 1.54) is 0 Å². The van der Waals surface area contributed by atoms with Gasteiger partial charge >= 0.3 is 0 Å². The van der Waals surface area contributed by atoms with Crippen LogP contribution in [0.1, 0.15) is 18.1 Å². The lowest BCUT2D eigenvalue weighted by Gasteiger charge is -2.31. The normalized spacial score (nSPS) is 21.9. The van der Waals surface area contributed by atoms with E-state index in [0.29, 0.717) is 6.61 Å². The Morgan fingerprint density at radius 1 is 0.955 bits per heavy atom. The quantitative estimate of drug-likeness (QED) is 0.864. The standard InChI is InChI=1S/C19H23NO2/c1-15(20(2)3)18-14-21-19(22-18,16-10-6-4-7-11-16)17-12-8-5-9-13-17/h4-13,15,18H,14H2,1-3H3/t15-,18?/m0/s1. The van der Waals surface area contributed by atoms with Crippen molar-refractivity contribution in [1.29, 1.82) is 0 Å². The molecule has 0 aliphatic carbocycles. The minimum atomic E-state index is -0.808. The minimum Gasteiger partial charge on any atom is -0.339 e. The molecule has 1 aliphatic rings. The van der Waals surface area contributed by atoms with E-state index in [1.807, 2.05) is 36.4 Å². The first kappa shape index (κ1) is 15.2. The highest BCUT2D eigenvalue weighted by Gasteiger charge is 2.46. The number of likely N-dealkylation sites (N-methyl/N-ethyl adjacent to an activating group) is 1. The van der Waals surface area contributed by atoms with Crippen LogP contribution in [0, 0.1) is 0 Å². The van der Waals surface area contributed by atoms with Crippen LogP contribution < -0.4 is 0 Å². The van der Waals surface area contributed by atoms with Crippen molar-refractivity contribution in [1.82, 2.24) is 4.90 Å². The van der Waals surface area contributed by atoms with E-state index < -0.39 is 5.79 Å². The Balaban J connectivity index is 2.00. The molecule has 0 amide bonds. The fourth-order valence-electron chi connectivity index (χ4n) is 2.84. The van der Waals surface area contributed by atoms with E-state index >= 15 is 0 Å². The van der Waals surface area contributed by atoms with Gasteiger partial charge in [-0.15, -0.1) is 0 Å². The molecule has 3 heteroatoms. The molecule has 1 aliphatic heterocycles. The van der Waals surface area contributed by atoms with Crippen LogP contribution in [0.4, 0.5) is 0 Å². The van der Waals surface area contributed by atoms with Crippen molar-refractivity contribution in [3.8, 4) is 0 Å². The lowest BCUT2D eigenvalue weighted by Crippen LogP contribution is -2.39. The van der Waals surface area contributed by atoms with Gasteiger partial charge in [0.1, 0.15) is 6.10 Å². The third-order valence-electron chi connectivity index (χ3n) is 4.43. The van der Waals surface area contributed by atoms with Gasteiger partial charge in [-0.25, -0.2) is 0 Å². The van der Waals surface area contributed by atoms with E-state index in [4.69, 9.17) is 9.47 Å². The maximum atomic E-state index is 6.48. The van der Waals surface area contributed by atoms with Gasteiger partial charge < -0.3 is 14.4 Å². The first-order valence-corrected chi connectivity index (χ1v) is 7.73. The molecule has 3 nitrogen and oxygen atoms in total. The summed E-state index contributed by atoms with van der Waals surface area (Å²) in [6.07, 6.45) is 0.0374. The molecule has 0 aromatic heterocycles. The van der Waals surface area contributed by atoms with Crippen molar-refractivity contribution in [2.45, 2.75) is 24.9 Å². The molecule has 0 saturated carbocycles. The van der Waals surface area contributed by atoms with Gasteiger partial charge in [0, 0.05) is 17.2 Å². The number of benzene rings is 2. The number of hydrogen-bond donors (Lipinski definition) is 0. The zero-order chi connectivity index (χ0) is 15.6. The summed E-state index contributed by atoms with van der Waals surface area (Å²) in [5, 5.41) is 0. The van der Waals surface area contributed by atoms with Gasteiger partial charge in [0.05, 0.1) is 6.61 Å². The number of ether oxygens (including phenoxy) is 2. The van der Waals surface area contributed by atoms with Crippen molar-refractivity contribution in [2.24, 2.45) is 0 Å². The van der Waals surface area contributed by atoms with Crippen LogP contribution in [0.15, 0.2) is 60.7 Å². The summed E-state index contributed by atoms with van der Waals surface area (Å²) < 4.78 is 12.7. The second-order valence-corrected chi connectivity index (χ2v) is 6.02. The van der Waals surface area contributed by atoms with Gasteiger partial charge in [-0.2, -0.15) is 0 Å². The van der Waals surface area contributed by atoms with Crippen LogP contribution in [-0.4, -0.2) is 37.7 Å². The van der Waals surface area contributed by atoms with Crippen molar-refractivity contribution >= 4 is 0 Å². The van der Waals surface area contributed by atoms with Gasteiger partial charge in [-0.3, -0.25) is 0 Å². The molecule has 3 rings (SSSR count). The van der Waals surface area contributed by atoms with Crippen LogP contribution in [0.5, 0.6) is 0 Å². The molecule has 1 fully saturated rings. The summed E-state index contributed by atoms with van der Waals surface area (Å²) in [5.74, 6) is -0.808. The first-order valence-electron chi connectivity index (χ1n) is 7.73. The summed E-state index contributed by atoms with van der Waals surface area (Å²) in [7, 11) is 4.14. The fraction of sp³-hybridized carbons (Fsp3) is 0.368. The molecule has 2 aromatic rings. The number of nitrogens with zero attached hydrogens (tertiary/aromatic N) is 1. The van der Waals surface area contributed by atoms with E-state index in [9.17, 15) is 0 Å². The van der Waals surface area contributed by atoms with Crippen molar-refractivity contribution in [3.63, 3.8) is 0 Å². The zero-order valence-electron chi connectivity index (χ0n) is 13.4. The monoisotopic (exact) mass is 297 g/mol. The van der Waals surface area contributed by atoms with Crippen LogP contribution in [-0.2, 0) is 15.3 Å². The van der Waals surface area contributed by atoms with Crippen molar-refractivity contribution in [3.05, 3.63) is 71.8 Å². The predicted molar refractivity (Wildman–Crippen MR) is 87.6 cm³/mol. The highest BCUT2D eigenvalue weighted by atomic mass is 16.7. The van der Waals surface area contributed by atoms with Crippen LogP contribution in [0.2, 0.25) is 0 Å². The van der Waals surface area contributed by atoms with Crippen LogP contribution >= 0.6 is 0 Å². The largest absolute Gasteiger partial charge is 0.339 e. The van der Waals surface area contributed by atoms with Gasteiger partial charge in [0.15, 0.2) is 0 Å². The summed E-state index contributed by atoms with van der Waals surface area (Å²) in [6.45, 7) is 2.75. The van der Waals surface area contributed by atoms with Crippen LogP contribution in [0.3, 0.4) is 0 Å². The van der Waals surface area contributed by atoms with Gasteiger partial charge in [-0.05, 0) is 21.0 Å². The maximum Gasteiger partial charge on any atom is 0.222 e. The Morgan fingerprint density at radius 2 is 1.45 bits per heavy atom. The third-order valence-corrected chi connectivity index (χ3v) is 4.43. The third kappa shape index (κ3) is 2.68. The Morgan fingerprint density at radius 3 is 1.91 bits per heavy atom. The smallest absolute Gasteiger partial charge is 0.222 e. The lowest BCUT2D eigenvalue weighted by molar-refractivity contribution is -0.148. The topological polar surface area (TPSA) is 21.7 Å². The molecular formula is C19H23NO2. The maximum absolute atomic E-state index is 6.48. The Hall–Kier alpha value is -1.68. The Labute approximate surface area is 132 Å². The molecule has 0 radical (unpaired) electrons. The van der Waals surface area contributed by atoms with Gasteiger partial charge in [0.2, 0.25) is 5.79 Å². The molecule has 0 bridgehead atoms. The lowest BCUT2D eigenvalue weighted by atomic mass is 9.97. The molecule has 1 saturated heterocycles. The summed E-state index contributed by atoms with van der Waals surface area (Å²) in [6, 6.07) is 20.7. The Kier molecular flexibility index (Phi) is 4.30. The average molecular weight is 297 g/mol. The second-order valence-electron chi connectivity index (χ2n) is 6.02. The summed E-state index contributed by atoms with van der Waals surface area (Å²) in [4.78, 5) is 2.17. The highest BCUT2D eigenvalue weighted by molar-refractivity contribution is 5.34. The minimum absolute atomic E-state index is 0.0374. The van der Waals surface area contributed by atoms with Crippen LogP contribution in [0.25, 0.3) is 0 Å². The first-order chi connectivity index (χ1) is 10.6. The molecule has 1 unspecified atom stereocenters. The summed E-state index contributed by atoms with van der Waals surface area (Å²) in [5.41, 5.74) is 2.07. The van der Waals surface area contributed by atoms with Gasteiger partial charge in [-0.1, -0.05) is 60.7 Å². The summed E-state index contributed by atoms with van der Waals surface area (Å²) >= 11 is 0. The number of hydrogen-bond acceptors (Lipinski definition) is 3. The predicted octanol–water partition coefficient (Wildman–Crippen LogP) is 3.25. The molecule has 0 spiro atoms. The average Bonchev–Trinajstić information content (AvgIpc) is 3.02. The van der Waals surface area contributed by atoms with E-state index in [-0.39, 0.29) is 12.1 Å². The second kappa shape index (κ2) is 6.21. The SMILES string of the molecule is C[C@@H](C1COC(c2ccccc2)(c2ccccc2)O1)N(C)C. The molecule has 0 N–H and O–H groups in total. The molecule has 116 valence electrons. The van der Waals surface area contributed by atoms with E-state index in [1.54, 1.807) is 0 Å². The van der Waals surface area contributed by atoms with E-state index in [2.05, 4.69) is 50.2 Å². The van der Waals surface area contributed by atoms with Crippen molar-refractivity contribution < 1.29 is 9.47 Å². The fourth-order valence-corrected chi connectivity index (χ4v) is 2.84. The molecule has 1 heterocycles. The highest BCUT2D eigenvalue weighted by Crippen LogP contribution is 2.41. The van der Waals surface area contributed by atoms with Gasteiger partial charge in [0.25, 0.3) is 0 Å². The Bertz CT molecular complexity index is 558. The molecule has 2 aromatic carbocycles. The molecule has 2 atom stereocenters. The molecule has 22 heavy (non-hydrogen) atoms. The van der Waals surface area contributed by atoms with E-state index in [0.717, 1.165) is 11.1 Å². The zero-order valence-corrected chi connectivity index (χ0v) is 13.4. The number of rotatable bonds is 4. The molecular weight excluding hydrogens is 274 g/mol.